The van der Waals surface area contributed by atoms with Gasteiger partial charge in [-0.3, -0.25) is 19.8 Å². The summed E-state index contributed by atoms with van der Waals surface area (Å²) in [6.07, 6.45) is 5.35. The molecule has 1 aromatic heterocycles. The van der Waals surface area contributed by atoms with Gasteiger partial charge >= 0.3 is 0 Å². The van der Waals surface area contributed by atoms with Gasteiger partial charge in [-0.05, 0) is 56.8 Å². The maximum absolute atomic E-state index is 12.1. The normalized spacial score (nSPS) is 27.7. The van der Waals surface area contributed by atoms with Crippen LogP contribution < -0.4 is 15.5 Å². The summed E-state index contributed by atoms with van der Waals surface area (Å²) >= 11 is 0. The van der Waals surface area contributed by atoms with E-state index in [0.29, 0.717) is 18.9 Å². The summed E-state index contributed by atoms with van der Waals surface area (Å²) < 4.78 is 0. The molecule has 4 heterocycles. The van der Waals surface area contributed by atoms with E-state index in [1.165, 1.54) is 19.4 Å². The number of pyridine rings is 1. The molecule has 28 heavy (non-hydrogen) atoms. The van der Waals surface area contributed by atoms with Gasteiger partial charge in [0.05, 0.1) is 5.92 Å². The first-order valence-electron chi connectivity index (χ1n) is 10.6. The van der Waals surface area contributed by atoms with Crippen LogP contribution in [0.3, 0.4) is 0 Å². The molecule has 3 saturated heterocycles. The molecule has 2 N–H and O–H groups in total. The maximum Gasteiger partial charge on any atom is 0.234 e. The number of aromatic nitrogens is 1. The Kier molecular flexibility index (Phi) is 5.92. The molecular weight excluding hydrogens is 354 g/mol. The summed E-state index contributed by atoms with van der Waals surface area (Å²) in [5.41, 5.74) is 0.895. The lowest BCUT2D eigenvalue weighted by atomic mass is 9.92. The number of piperidine rings is 2. The van der Waals surface area contributed by atoms with Crippen LogP contribution in [0.4, 0.5) is 5.82 Å². The van der Waals surface area contributed by atoms with Gasteiger partial charge < -0.3 is 10.2 Å². The van der Waals surface area contributed by atoms with Crippen LogP contribution in [0.5, 0.6) is 0 Å². The number of hydrogen-bond acceptors (Lipinski definition) is 6. The number of rotatable bonds is 4. The zero-order valence-electron chi connectivity index (χ0n) is 16.7. The summed E-state index contributed by atoms with van der Waals surface area (Å²) in [7, 11) is 0. The van der Waals surface area contributed by atoms with Crippen LogP contribution in [-0.2, 0) is 9.59 Å². The highest BCUT2D eigenvalue weighted by atomic mass is 16.2. The van der Waals surface area contributed by atoms with E-state index in [0.717, 1.165) is 50.0 Å². The number of hydrogen-bond donors (Lipinski definition) is 2. The number of imide groups is 1. The Morgan fingerprint density at radius 1 is 1.14 bits per heavy atom. The van der Waals surface area contributed by atoms with E-state index in [1.54, 1.807) is 6.20 Å². The van der Waals surface area contributed by atoms with E-state index in [2.05, 4.69) is 32.3 Å². The molecule has 0 spiro atoms. The fraction of sp³-hybridized carbons (Fsp3) is 0.667. The van der Waals surface area contributed by atoms with Crippen LogP contribution in [0, 0.1) is 5.92 Å². The highest BCUT2D eigenvalue weighted by Gasteiger charge is 2.29. The highest BCUT2D eigenvalue weighted by Crippen LogP contribution is 2.26. The van der Waals surface area contributed by atoms with Crippen LogP contribution in [0.2, 0.25) is 0 Å². The molecule has 0 bridgehead atoms. The van der Waals surface area contributed by atoms with Crippen LogP contribution in [0.15, 0.2) is 18.3 Å². The first-order valence-corrected chi connectivity index (χ1v) is 10.6. The Labute approximate surface area is 166 Å². The predicted molar refractivity (Wildman–Crippen MR) is 108 cm³/mol. The van der Waals surface area contributed by atoms with Crippen LogP contribution in [0.1, 0.15) is 44.1 Å². The third kappa shape index (κ3) is 4.36. The van der Waals surface area contributed by atoms with Gasteiger partial charge in [-0.2, -0.15) is 0 Å². The van der Waals surface area contributed by atoms with Crippen molar-refractivity contribution in [2.24, 2.45) is 5.92 Å². The Morgan fingerprint density at radius 3 is 2.64 bits per heavy atom. The van der Waals surface area contributed by atoms with Crippen molar-refractivity contribution >= 4 is 17.6 Å². The van der Waals surface area contributed by atoms with Crippen molar-refractivity contribution in [2.45, 2.75) is 44.6 Å². The molecule has 3 aliphatic heterocycles. The lowest BCUT2D eigenvalue weighted by molar-refractivity contribution is -0.134. The van der Waals surface area contributed by atoms with Gasteiger partial charge in [-0.15, -0.1) is 0 Å². The quantitative estimate of drug-likeness (QED) is 0.756. The largest absolute Gasteiger partial charge is 0.354 e. The second kappa shape index (κ2) is 8.57. The van der Waals surface area contributed by atoms with Crippen molar-refractivity contribution in [2.75, 3.05) is 44.2 Å². The molecule has 0 aliphatic carbocycles. The average molecular weight is 386 g/mol. The molecule has 2 atom stereocenters. The molecular formula is C21H31N5O2. The van der Waals surface area contributed by atoms with E-state index in [4.69, 9.17) is 0 Å². The Morgan fingerprint density at radius 2 is 1.96 bits per heavy atom. The fourth-order valence-electron chi connectivity index (χ4n) is 4.67. The Bertz CT molecular complexity index is 701. The summed E-state index contributed by atoms with van der Waals surface area (Å²) in [5.74, 6) is 1.15. The maximum atomic E-state index is 12.1. The number of carbonyl (C=O) groups is 2. The molecule has 0 radical (unpaired) electrons. The minimum absolute atomic E-state index is 0.179. The molecule has 0 saturated carbocycles. The average Bonchev–Trinajstić information content (AvgIpc) is 2.71. The molecule has 3 fully saturated rings. The number of nitrogens with one attached hydrogen (secondary N) is 2. The molecule has 7 heteroatoms. The van der Waals surface area contributed by atoms with E-state index in [-0.39, 0.29) is 17.7 Å². The third-order valence-corrected chi connectivity index (χ3v) is 6.45. The standard InChI is InChI=1S/C21H31N5O2/c1-15-13-26(11-10-25(15)14-16-6-8-22-9-7-16)19-4-2-17(12-23-19)18-3-5-20(27)24-21(18)28/h2,4,12,15-16,18,22H,3,5-11,13-14H2,1H3,(H,24,27,28)/t15-,18+/m0/s1. The van der Waals surface area contributed by atoms with Gasteiger partial charge in [-0.1, -0.05) is 6.07 Å². The highest BCUT2D eigenvalue weighted by molar-refractivity contribution is 6.00. The summed E-state index contributed by atoms with van der Waals surface area (Å²) in [5, 5.41) is 5.87. The molecule has 4 rings (SSSR count). The number of nitrogens with zero attached hydrogens (tertiary/aromatic N) is 3. The number of carbonyl (C=O) groups excluding carboxylic acids is 2. The second-order valence-corrected chi connectivity index (χ2v) is 8.44. The van der Waals surface area contributed by atoms with E-state index < -0.39 is 0 Å². The van der Waals surface area contributed by atoms with Gasteiger partial charge in [0, 0.05) is 44.8 Å². The number of anilines is 1. The van der Waals surface area contributed by atoms with Gasteiger partial charge in [-0.25, -0.2) is 4.98 Å². The van der Waals surface area contributed by atoms with Crippen molar-refractivity contribution < 1.29 is 9.59 Å². The van der Waals surface area contributed by atoms with Crippen molar-refractivity contribution in [1.82, 2.24) is 20.5 Å². The zero-order valence-corrected chi connectivity index (χ0v) is 16.7. The van der Waals surface area contributed by atoms with E-state index in [1.807, 2.05) is 12.1 Å². The summed E-state index contributed by atoms with van der Waals surface area (Å²) in [4.78, 5) is 33.0. The van der Waals surface area contributed by atoms with Gasteiger partial charge in [0.15, 0.2) is 0 Å². The predicted octanol–water partition coefficient (Wildman–Crippen LogP) is 1.11. The monoisotopic (exact) mass is 385 g/mol. The summed E-state index contributed by atoms with van der Waals surface area (Å²) in [6.45, 7) is 8.87. The molecule has 0 aromatic carbocycles. The second-order valence-electron chi connectivity index (χ2n) is 8.44. The Balaban J connectivity index is 1.34. The van der Waals surface area contributed by atoms with Gasteiger partial charge in [0.2, 0.25) is 11.8 Å². The van der Waals surface area contributed by atoms with E-state index in [9.17, 15) is 9.59 Å². The first-order chi connectivity index (χ1) is 13.6. The molecule has 3 aliphatic rings. The molecule has 1 aromatic rings. The number of piperazine rings is 1. The van der Waals surface area contributed by atoms with Crippen molar-refractivity contribution in [3.05, 3.63) is 23.9 Å². The van der Waals surface area contributed by atoms with Crippen molar-refractivity contribution in [3.8, 4) is 0 Å². The van der Waals surface area contributed by atoms with Crippen LogP contribution in [-0.4, -0.2) is 67.0 Å². The van der Waals surface area contributed by atoms with Gasteiger partial charge in [0.1, 0.15) is 5.82 Å². The first kappa shape index (κ1) is 19.3. The molecule has 7 nitrogen and oxygen atoms in total. The van der Waals surface area contributed by atoms with Crippen molar-refractivity contribution in [3.63, 3.8) is 0 Å². The fourth-order valence-corrected chi connectivity index (χ4v) is 4.67. The minimum Gasteiger partial charge on any atom is -0.354 e. The van der Waals surface area contributed by atoms with E-state index >= 15 is 0 Å². The zero-order chi connectivity index (χ0) is 19.5. The molecule has 2 amide bonds. The smallest absolute Gasteiger partial charge is 0.234 e. The van der Waals surface area contributed by atoms with Gasteiger partial charge in [0.25, 0.3) is 0 Å². The van der Waals surface area contributed by atoms with Crippen LogP contribution >= 0.6 is 0 Å². The lowest BCUT2D eigenvalue weighted by Gasteiger charge is -2.42. The molecule has 0 unspecified atom stereocenters. The summed E-state index contributed by atoms with van der Waals surface area (Å²) in [6, 6.07) is 4.53. The third-order valence-electron chi connectivity index (χ3n) is 6.45. The van der Waals surface area contributed by atoms with Crippen molar-refractivity contribution in [1.29, 1.82) is 0 Å². The van der Waals surface area contributed by atoms with Crippen LogP contribution in [0.25, 0.3) is 0 Å². The minimum atomic E-state index is -0.264. The molecule has 152 valence electrons. The Hall–Kier alpha value is -1.99. The lowest BCUT2D eigenvalue weighted by Crippen LogP contribution is -2.53. The number of amides is 2. The SMILES string of the molecule is C[C@H]1CN(c2ccc([C@H]3CCC(=O)NC3=O)cn2)CCN1CC1CCNCC1. The topological polar surface area (TPSA) is 77.6 Å².